The Hall–Kier alpha value is -0.590. The Morgan fingerprint density at radius 2 is 2.29 bits per heavy atom. The lowest BCUT2D eigenvalue weighted by Crippen LogP contribution is -2.37. The molecule has 1 N–H and O–H groups in total. The molecular weight excluding hydrogens is 174 g/mol. The zero-order valence-corrected chi connectivity index (χ0v) is 9.29. The molecule has 0 spiro atoms. The Bertz CT molecular complexity index is 197. The summed E-state index contributed by atoms with van der Waals surface area (Å²) in [5.74, 6) is 0.252. The van der Waals surface area contributed by atoms with Crippen LogP contribution in [0.2, 0.25) is 0 Å². The van der Waals surface area contributed by atoms with Crippen LogP contribution in [0.5, 0.6) is 0 Å². The Labute approximate surface area is 87.1 Å². The van der Waals surface area contributed by atoms with Gasteiger partial charge in [-0.1, -0.05) is 13.3 Å². The summed E-state index contributed by atoms with van der Waals surface area (Å²) < 4.78 is 0. The molecule has 3 heteroatoms. The van der Waals surface area contributed by atoms with Gasteiger partial charge < -0.3 is 10.2 Å². The van der Waals surface area contributed by atoms with Gasteiger partial charge >= 0.3 is 0 Å². The SMILES string of the molecule is CCN(C)CCNC1CCCC1C#N. The standard InChI is InChI=1S/C11H21N3/c1-3-14(2)8-7-13-11-6-4-5-10(11)9-12/h10-11,13H,3-8H2,1-2H3. The predicted molar refractivity (Wildman–Crippen MR) is 57.9 cm³/mol. The average molecular weight is 195 g/mol. The van der Waals surface area contributed by atoms with Crippen LogP contribution in [0, 0.1) is 17.2 Å². The molecule has 0 heterocycles. The van der Waals surface area contributed by atoms with Crippen LogP contribution >= 0.6 is 0 Å². The van der Waals surface area contributed by atoms with Crippen molar-refractivity contribution in [3.8, 4) is 6.07 Å². The first kappa shape index (κ1) is 11.5. The highest BCUT2D eigenvalue weighted by Crippen LogP contribution is 2.24. The lowest BCUT2D eigenvalue weighted by Gasteiger charge is -2.18. The highest BCUT2D eigenvalue weighted by atomic mass is 15.1. The lowest BCUT2D eigenvalue weighted by atomic mass is 10.1. The monoisotopic (exact) mass is 195 g/mol. The third-order valence-electron chi connectivity index (χ3n) is 3.12. The molecule has 0 amide bonds. The van der Waals surface area contributed by atoms with E-state index in [1.165, 1.54) is 12.8 Å². The van der Waals surface area contributed by atoms with Crippen molar-refractivity contribution in [3.05, 3.63) is 0 Å². The first-order valence-electron chi connectivity index (χ1n) is 5.59. The van der Waals surface area contributed by atoms with Crippen LogP contribution in [0.15, 0.2) is 0 Å². The second-order valence-corrected chi connectivity index (χ2v) is 4.12. The van der Waals surface area contributed by atoms with Gasteiger partial charge in [0.25, 0.3) is 0 Å². The molecule has 1 fully saturated rings. The molecule has 0 bridgehead atoms. The van der Waals surface area contributed by atoms with E-state index in [9.17, 15) is 0 Å². The Balaban J connectivity index is 2.15. The summed E-state index contributed by atoms with van der Waals surface area (Å²) in [5.41, 5.74) is 0. The maximum Gasteiger partial charge on any atom is 0.0672 e. The van der Waals surface area contributed by atoms with Crippen LogP contribution in [-0.2, 0) is 0 Å². The number of likely N-dealkylation sites (N-methyl/N-ethyl adjacent to an activating group) is 1. The maximum atomic E-state index is 8.89. The van der Waals surface area contributed by atoms with E-state index in [0.29, 0.717) is 6.04 Å². The predicted octanol–water partition coefficient (Wildman–Crippen LogP) is 1.22. The Morgan fingerprint density at radius 3 is 2.93 bits per heavy atom. The number of hydrogen-bond donors (Lipinski definition) is 1. The zero-order chi connectivity index (χ0) is 10.4. The van der Waals surface area contributed by atoms with Gasteiger partial charge in [0, 0.05) is 19.1 Å². The minimum atomic E-state index is 0.252. The van der Waals surface area contributed by atoms with E-state index in [-0.39, 0.29) is 5.92 Å². The van der Waals surface area contributed by atoms with Crippen LogP contribution < -0.4 is 5.32 Å². The molecule has 0 aromatic rings. The van der Waals surface area contributed by atoms with Crippen LogP contribution in [0.25, 0.3) is 0 Å². The van der Waals surface area contributed by atoms with Crippen molar-refractivity contribution < 1.29 is 0 Å². The lowest BCUT2D eigenvalue weighted by molar-refractivity contribution is 0.333. The molecule has 0 aliphatic heterocycles. The highest BCUT2D eigenvalue weighted by Gasteiger charge is 2.26. The van der Waals surface area contributed by atoms with Crippen LogP contribution in [0.4, 0.5) is 0 Å². The Morgan fingerprint density at radius 1 is 1.50 bits per heavy atom. The number of nitrogens with zero attached hydrogens (tertiary/aromatic N) is 2. The maximum absolute atomic E-state index is 8.89. The minimum Gasteiger partial charge on any atom is -0.311 e. The topological polar surface area (TPSA) is 39.1 Å². The molecule has 0 radical (unpaired) electrons. The van der Waals surface area contributed by atoms with Gasteiger partial charge in [0.05, 0.1) is 12.0 Å². The molecule has 1 aliphatic rings. The summed E-state index contributed by atoms with van der Waals surface area (Å²) in [4.78, 5) is 2.28. The minimum absolute atomic E-state index is 0.252. The van der Waals surface area contributed by atoms with Crippen molar-refractivity contribution in [1.82, 2.24) is 10.2 Å². The van der Waals surface area contributed by atoms with E-state index in [4.69, 9.17) is 5.26 Å². The number of hydrogen-bond acceptors (Lipinski definition) is 3. The second kappa shape index (κ2) is 6.00. The van der Waals surface area contributed by atoms with Crippen molar-refractivity contribution in [2.75, 3.05) is 26.7 Å². The van der Waals surface area contributed by atoms with Crippen LogP contribution in [0.3, 0.4) is 0 Å². The van der Waals surface area contributed by atoms with E-state index >= 15 is 0 Å². The number of rotatable bonds is 5. The molecule has 2 atom stereocenters. The molecule has 0 aromatic carbocycles. The molecule has 1 saturated carbocycles. The molecule has 80 valence electrons. The van der Waals surface area contributed by atoms with Crippen LogP contribution in [-0.4, -0.2) is 37.6 Å². The average Bonchev–Trinajstić information content (AvgIpc) is 2.65. The quantitative estimate of drug-likeness (QED) is 0.717. The van der Waals surface area contributed by atoms with E-state index in [1.54, 1.807) is 0 Å². The molecule has 1 rings (SSSR count). The molecular formula is C11H21N3. The van der Waals surface area contributed by atoms with E-state index in [0.717, 1.165) is 26.1 Å². The van der Waals surface area contributed by atoms with Gasteiger partial charge in [-0.15, -0.1) is 0 Å². The fourth-order valence-corrected chi connectivity index (χ4v) is 1.96. The van der Waals surface area contributed by atoms with Gasteiger partial charge in [-0.25, -0.2) is 0 Å². The van der Waals surface area contributed by atoms with Gasteiger partial charge in [-0.3, -0.25) is 0 Å². The van der Waals surface area contributed by atoms with Crippen molar-refractivity contribution >= 4 is 0 Å². The van der Waals surface area contributed by atoms with Crippen molar-refractivity contribution in [3.63, 3.8) is 0 Å². The smallest absolute Gasteiger partial charge is 0.0672 e. The number of nitriles is 1. The summed E-state index contributed by atoms with van der Waals surface area (Å²) in [6.45, 7) is 5.33. The second-order valence-electron chi connectivity index (χ2n) is 4.12. The molecule has 2 unspecified atom stereocenters. The van der Waals surface area contributed by atoms with Crippen molar-refractivity contribution in [1.29, 1.82) is 5.26 Å². The Kier molecular flexibility index (Phi) is 4.92. The highest BCUT2D eigenvalue weighted by molar-refractivity contribution is 4.96. The van der Waals surface area contributed by atoms with Gasteiger partial charge in [-0.2, -0.15) is 5.26 Å². The summed E-state index contributed by atoms with van der Waals surface area (Å²) in [7, 11) is 2.12. The van der Waals surface area contributed by atoms with E-state index in [1.807, 2.05) is 0 Å². The fourth-order valence-electron chi connectivity index (χ4n) is 1.96. The third-order valence-corrected chi connectivity index (χ3v) is 3.12. The summed E-state index contributed by atoms with van der Waals surface area (Å²) >= 11 is 0. The summed E-state index contributed by atoms with van der Waals surface area (Å²) in [5, 5.41) is 12.4. The molecule has 0 aromatic heterocycles. The van der Waals surface area contributed by atoms with E-state index < -0.39 is 0 Å². The normalized spacial score (nSPS) is 26.7. The molecule has 3 nitrogen and oxygen atoms in total. The number of nitrogens with one attached hydrogen (secondary N) is 1. The third kappa shape index (κ3) is 3.28. The largest absolute Gasteiger partial charge is 0.311 e. The van der Waals surface area contributed by atoms with Crippen molar-refractivity contribution in [2.24, 2.45) is 5.92 Å². The summed E-state index contributed by atoms with van der Waals surface area (Å²) in [6.07, 6.45) is 3.46. The fraction of sp³-hybridized carbons (Fsp3) is 0.909. The first-order valence-corrected chi connectivity index (χ1v) is 5.59. The van der Waals surface area contributed by atoms with Gasteiger partial charge in [0.2, 0.25) is 0 Å². The van der Waals surface area contributed by atoms with Crippen molar-refractivity contribution in [2.45, 2.75) is 32.2 Å². The van der Waals surface area contributed by atoms with Gasteiger partial charge in [0.15, 0.2) is 0 Å². The van der Waals surface area contributed by atoms with Crippen LogP contribution in [0.1, 0.15) is 26.2 Å². The van der Waals surface area contributed by atoms with E-state index in [2.05, 4.69) is 30.3 Å². The first-order chi connectivity index (χ1) is 6.77. The van der Waals surface area contributed by atoms with Gasteiger partial charge in [0.1, 0.15) is 0 Å². The molecule has 1 aliphatic carbocycles. The molecule has 0 saturated heterocycles. The van der Waals surface area contributed by atoms with Gasteiger partial charge in [-0.05, 0) is 26.4 Å². The molecule has 14 heavy (non-hydrogen) atoms. The summed E-state index contributed by atoms with van der Waals surface area (Å²) in [6, 6.07) is 2.84. The zero-order valence-electron chi connectivity index (χ0n) is 9.29.